The van der Waals surface area contributed by atoms with Gasteiger partial charge < -0.3 is 4.43 Å². The summed E-state index contributed by atoms with van der Waals surface area (Å²) in [5, 5.41) is 1.04. The zero-order valence-corrected chi connectivity index (χ0v) is 15.0. The van der Waals surface area contributed by atoms with Gasteiger partial charge in [0.05, 0.1) is 6.61 Å². The second-order valence-corrected chi connectivity index (χ2v) is 12.2. The van der Waals surface area contributed by atoms with Crippen LogP contribution >= 0.6 is 34.2 Å². The van der Waals surface area contributed by atoms with Crippen molar-refractivity contribution in [3.8, 4) is 0 Å². The lowest BCUT2D eigenvalue weighted by atomic mass is 10.2. The monoisotopic (exact) mass is 382 g/mol. The first-order valence-corrected chi connectivity index (χ1v) is 10.1. The molecular formula is C13H20ClIOSi. The molecule has 4 heteroatoms. The van der Waals surface area contributed by atoms with Crippen molar-refractivity contribution in [3.05, 3.63) is 32.4 Å². The van der Waals surface area contributed by atoms with Gasteiger partial charge in [-0.25, -0.2) is 0 Å². The number of halogens is 2. The number of rotatable bonds is 3. The van der Waals surface area contributed by atoms with Crippen LogP contribution in [-0.2, 0) is 11.0 Å². The van der Waals surface area contributed by atoms with E-state index in [1.807, 2.05) is 6.07 Å². The van der Waals surface area contributed by atoms with Crippen LogP contribution in [0.15, 0.2) is 18.2 Å². The van der Waals surface area contributed by atoms with E-state index in [0.717, 1.165) is 14.2 Å². The molecule has 0 aliphatic rings. The zero-order chi connectivity index (χ0) is 13.3. The summed E-state index contributed by atoms with van der Waals surface area (Å²) >= 11 is 8.47. The summed E-state index contributed by atoms with van der Waals surface area (Å²) in [6.45, 7) is 11.9. The minimum Gasteiger partial charge on any atom is -0.413 e. The van der Waals surface area contributed by atoms with Gasteiger partial charge >= 0.3 is 0 Å². The number of hydrogen-bond acceptors (Lipinski definition) is 1. The first-order chi connectivity index (χ1) is 7.63. The first kappa shape index (κ1) is 15.5. The van der Waals surface area contributed by atoms with E-state index in [4.69, 9.17) is 16.0 Å². The Balaban J connectivity index is 2.74. The minimum atomic E-state index is -1.68. The van der Waals surface area contributed by atoms with Crippen molar-refractivity contribution in [2.24, 2.45) is 0 Å². The summed E-state index contributed by atoms with van der Waals surface area (Å²) in [6.07, 6.45) is 0. The fourth-order valence-electron chi connectivity index (χ4n) is 1.11. The highest BCUT2D eigenvalue weighted by molar-refractivity contribution is 14.1. The molecule has 0 heterocycles. The molecule has 0 radical (unpaired) electrons. The summed E-state index contributed by atoms with van der Waals surface area (Å²) in [4.78, 5) is 0. The lowest BCUT2D eigenvalue weighted by Gasteiger charge is -2.36. The van der Waals surface area contributed by atoms with Gasteiger partial charge in [-0.2, -0.15) is 0 Å². The molecule has 17 heavy (non-hydrogen) atoms. The van der Waals surface area contributed by atoms with Crippen LogP contribution in [0.2, 0.25) is 23.2 Å². The van der Waals surface area contributed by atoms with E-state index >= 15 is 0 Å². The average Bonchev–Trinajstić information content (AvgIpc) is 2.14. The van der Waals surface area contributed by atoms with Crippen LogP contribution in [0.3, 0.4) is 0 Å². The Labute approximate surface area is 124 Å². The van der Waals surface area contributed by atoms with Crippen LogP contribution in [0.4, 0.5) is 0 Å². The highest BCUT2D eigenvalue weighted by Crippen LogP contribution is 2.37. The van der Waals surface area contributed by atoms with Gasteiger partial charge in [-0.15, -0.1) is 0 Å². The Hall–Kier alpha value is 0.417. The Morgan fingerprint density at radius 2 is 1.88 bits per heavy atom. The molecule has 0 aromatic heterocycles. The lowest BCUT2D eigenvalue weighted by molar-refractivity contribution is 0.276. The topological polar surface area (TPSA) is 9.23 Å². The van der Waals surface area contributed by atoms with Gasteiger partial charge in [-0.3, -0.25) is 0 Å². The highest BCUT2D eigenvalue weighted by Gasteiger charge is 2.37. The average molecular weight is 383 g/mol. The van der Waals surface area contributed by atoms with Crippen LogP contribution in [-0.4, -0.2) is 8.32 Å². The Kier molecular flexibility index (Phi) is 5.09. The van der Waals surface area contributed by atoms with Crippen molar-refractivity contribution < 1.29 is 4.43 Å². The van der Waals surface area contributed by atoms with Gasteiger partial charge in [0, 0.05) is 8.59 Å². The van der Waals surface area contributed by atoms with Gasteiger partial charge in [-0.05, 0) is 58.4 Å². The van der Waals surface area contributed by atoms with Gasteiger partial charge in [0.25, 0.3) is 0 Å². The van der Waals surface area contributed by atoms with E-state index < -0.39 is 8.32 Å². The molecule has 0 aliphatic carbocycles. The van der Waals surface area contributed by atoms with Gasteiger partial charge in [0.1, 0.15) is 0 Å². The Morgan fingerprint density at radius 1 is 1.29 bits per heavy atom. The van der Waals surface area contributed by atoms with E-state index in [9.17, 15) is 0 Å². The van der Waals surface area contributed by atoms with Crippen LogP contribution in [0.1, 0.15) is 26.3 Å². The summed E-state index contributed by atoms with van der Waals surface area (Å²) in [7, 11) is -1.68. The third-order valence-corrected chi connectivity index (χ3v) is 8.91. The molecule has 0 bridgehead atoms. The maximum absolute atomic E-state index is 6.20. The molecule has 0 atom stereocenters. The zero-order valence-electron chi connectivity index (χ0n) is 11.1. The molecule has 0 amide bonds. The van der Waals surface area contributed by atoms with Gasteiger partial charge in [0.2, 0.25) is 0 Å². The second kappa shape index (κ2) is 5.59. The molecule has 1 aromatic carbocycles. The maximum atomic E-state index is 6.20. The molecule has 0 unspecified atom stereocenters. The molecule has 0 fully saturated rings. The Bertz CT molecular complexity index is 399. The van der Waals surface area contributed by atoms with Crippen LogP contribution in [0, 0.1) is 3.57 Å². The van der Waals surface area contributed by atoms with Crippen LogP contribution < -0.4 is 0 Å². The molecule has 0 saturated carbocycles. The predicted octanol–water partition coefficient (Wildman–Crippen LogP) is 5.47. The number of benzene rings is 1. The molecule has 0 saturated heterocycles. The van der Waals surface area contributed by atoms with Crippen molar-refractivity contribution >= 4 is 42.5 Å². The van der Waals surface area contributed by atoms with Crippen molar-refractivity contribution in [1.82, 2.24) is 0 Å². The van der Waals surface area contributed by atoms with Crippen molar-refractivity contribution in [2.45, 2.75) is 45.5 Å². The number of hydrogen-bond donors (Lipinski definition) is 0. The molecule has 0 N–H and O–H groups in total. The molecule has 1 rings (SSSR count). The van der Waals surface area contributed by atoms with E-state index in [2.05, 4.69) is 68.6 Å². The SMILES string of the molecule is CC(C)(C)[Si](C)(C)OCc1ccc(I)cc1Cl. The largest absolute Gasteiger partial charge is 0.413 e. The summed E-state index contributed by atoms with van der Waals surface area (Å²) < 4.78 is 7.31. The van der Waals surface area contributed by atoms with Gasteiger partial charge in [-0.1, -0.05) is 38.4 Å². The van der Waals surface area contributed by atoms with E-state index in [1.165, 1.54) is 0 Å². The molecule has 96 valence electrons. The van der Waals surface area contributed by atoms with Crippen LogP contribution in [0.25, 0.3) is 0 Å². The highest BCUT2D eigenvalue weighted by atomic mass is 127. The quantitative estimate of drug-likeness (QED) is 0.498. The van der Waals surface area contributed by atoms with E-state index in [0.29, 0.717) is 6.61 Å². The molecular weight excluding hydrogens is 363 g/mol. The Morgan fingerprint density at radius 3 is 2.35 bits per heavy atom. The summed E-state index contributed by atoms with van der Waals surface area (Å²) in [5.74, 6) is 0. The maximum Gasteiger partial charge on any atom is 0.192 e. The summed E-state index contributed by atoms with van der Waals surface area (Å²) in [5.41, 5.74) is 1.08. The van der Waals surface area contributed by atoms with Crippen molar-refractivity contribution in [1.29, 1.82) is 0 Å². The standard InChI is InChI=1S/C13H20ClIOSi/c1-13(2,3)17(4,5)16-9-10-6-7-11(15)8-12(10)14/h6-8H,9H2,1-5H3. The smallest absolute Gasteiger partial charge is 0.192 e. The third-order valence-electron chi connectivity index (χ3n) is 3.41. The van der Waals surface area contributed by atoms with Crippen molar-refractivity contribution in [3.63, 3.8) is 0 Å². The molecule has 0 aliphatic heterocycles. The second-order valence-electron chi connectivity index (χ2n) is 5.78. The van der Waals surface area contributed by atoms with E-state index in [-0.39, 0.29) is 5.04 Å². The molecule has 0 spiro atoms. The van der Waals surface area contributed by atoms with Gasteiger partial charge in [0.15, 0.2) is 8.32 Å². The van der Waals surface area contributed by atoms with E-state index in [1.54, 1.807) is 0 Å². The first-order valence-electron chi connectivity index (χ1n) is 5.71. The van der Waals surface area contributed by atoms with Crippen LogP contribution in [0.5, 0.6) is 0 Å². The minimum absolute atomic E-state index is 0.239. The predicted molar refractivity (Wildman–Crippen MR) is 86.2 cm³/mol. The fraction of sp³-hybridized carbons (Fsp3) is 0.538. The van der Waals surface area contributed by atoms with Crippen molar-refractivity contribution in [2.75, 3.05) is 0 Å². The normalized spacial score (nSPS) is 12.9. The molecule has 1 aromatic rings. The molecule has 1 nitrogen and oxygen atoms in total. The summed E-state index contributed by atoms with van der Waals surface area (Å²) in [6, 6.07) is 6.10. The fourth-order valence-corrected chi connectivity index (χ4v) is 2.97. The third kappa shape index (κ3) is 4.23. The lowest BCUT2D eigenvalue weighted by Crippen LogP contribution is -2.40.